The summed E-state index contributed by atoms with van der Waals surface area (Å²) in [6, 6.07) is 7.57. The van der Waals surface area contributed by atoms with Gasteiger partial charge in [0, 0.05) is 10.9 Å². The van der Waals surface area contributed by atoms with E-state index in [2.05, 4.69) is 21.0 Å². The number of aromatic nitrogens is 2. The molecule has 1 N–H and O–H groups in total. The van der Waals surface area contributed by atoms with Crippen LogP contribution < -0.4 is 4.74 Å². The Bertz CT molecular complexity index is 609. The van der Waals surface area contributed by atoms with Crippen LogP contribution in [0.5, 0.6) is 5.75 Å². The molecule has 2 aromatic rings. The second kappa shape index (κ2) is 5.66. The molecule has 1 aromatic heterocycles. The maximum absolute atomic E-state index is 11.7. The fourth-order valence-corrected chi connectivity index (χ4v) is 2.20. The molecule has 0 saturated heterocycles. The lowest BCUT2D eigenvalue weighted by molar-refractivity contribution is -0.147. The molecule has 0 spiro atoms. The van der Waals surface area contributed by atoms with Gasteiger partial charge in [-0.3, -0.25) is 4.68 Å². The minimum atomic E-state index is -1.16. The second-order valence-electron chi connectivity index (χ2n) is 4.71. The lowest BCUT2D eigenvalue weighted by Gasteiger charge is -2.25. The maximum Gasteiger partial charge on any atom is 0.331 e. The van der Waals surface area contributed by atoms with E-state index in [4.69, 9.17) is 4.74 Å². The van der Waals surface area contributed by atoms with Gasteiger partial charge < -0.3 is 9.84 Å². The Morgan fingerprint density at radius 1 is 1.45 bits per heavy atom. The molecule has 0 saturated carbocycles. The molecular formula is C14H15BrN2O3. The number of aliphatic carboxylic acids is 1. The number of ether oxygens (including phenoxy) is 1. The molecule has 6 heteroatoms. The summed E-state index contributed by atoms with van der Waals surface area (Å²) in [4.78, 5) is 11.7. The van der Waals surface area contributed by atoms with Crippen molar-refractivity contribution in [3.63, 3.8) is 0 Å². The number of halogens is 1. The number of hydrogen-bond donors (Lipinski definition) is 1. The summed E-state index contributed by atoms with van der Waals surface area (Å²) in [7, 11) is 1.52. The SMILES string of the molecule is COc1cnn(C(C)(Cc2ccc(Br)cc2)C(=O)O)c1. The van der Waals surface area contributed by atoms with Crippen LogP contribution in [-0.4, -0.2) is 28.0 Å². The van der Waals surface area contributed by atoms with E-state index < -0.39 is 11.5 Å². The van der Waals surface area contributed by atoms with Gasteiger partial charge in [0.2, 0.25) is 0 Å². The molecule has 5 nitrogen and oxygen atoms in total. The van der Waals surface area contributed by atoms with Crippen LogP contribution in [0.2, 0.25) is 0 Å². The Morgan fingerprint density at radius 3 is 2.60 bits per heavy atom. The molecule has 0 amide bonds. The molecule has 2 rings (SSSR count). The van der Waals surface area contributed by atoms with Gasteiger partial charge in [-0.25, -0.2) is 4.79 Å². The first-order chi connectivity index (χ1) is 9.45. The number of benzene rings is 1. The summed E-state index contributed by atoms with van der Waals surface area (Å²) in [5.74, 6) is -0.403. The lowest BCUT2D eigenvalue weighted by Crippen LogP contribution is -2.41. The fraction of sp³-hybridized carbons (Fsp3) is 0.286. The van der Waals surface area contributed by atoms with Crippen molar-refractivity contribution < 1.29 is 14.6 Å². The van der Waals surface area contributed by atoms with Crippen molar-refractivity contribution in [2.45, 2.75) is 18.9 Å². The zero-order chi connectivity index (χ0) is 14.8. The highest BCUT2D eigenvalue weighted by Gasteiger charge is 2.36. The van der Waals surface area contributed by atoms with E-state index >= 15 is 0 Å². The Balaban J connectivity index is 2.34. The molecule has 0 bridgehead atoms. The van der Waals surface area contributed by atoms with Crippen LogP contribution >= 0.6 is 15.9 Å². The number of methoxy groups -OCH3 is 1. The van der Waals surface area contributed by atoms with E-state index in [1.54, 1.807) is 13.1 Å². The van der Waals surface area contributed by atoms with Gasteiger partial charge in [-0.15, -0.1) is 0 Å². The van der Waals surface area contributed by atoms with Crippen molar-refractivity contribution in [3.05, 3.63) is 46.7 Å². The van der Waals surface area contributed by atoms with Crippen LogP contribution in [0.1, 0.15) is 12.5 Å². The molecule has 0 aliphatic heterocycles. The quantitative estimate of drug-likeness (QED) is 0.910. The first-order valence-electron chi connectivity index (χ1n) is 6.02. The van der Waals surface area contributed by atoms with Gasteiger partial charge in [0.05, 0.1) is 19.5 Å². The van der Waals surface area contributed by atoms with E-state index in [0.717, 1.165) is 10.0 Å². The van der Waals surface area contributed by atoms with Gasteiger partial charge in [0.1, 0.15) is 0 Å². The van der Waals surface area contributed by atoms with Crippen molar-refractivity contribution in [2.75, 3.05) is 7.11 Å². The van der Waals surface area contributed by atoms with Gasteiger partial charge in [-0.1, -0.05) is 28.1 Å². The zero-order valence-corrected chi connectivity index (χ0v) is 12.8. The minimum Gasteiger partial charge on any atom is -0.493 e. The van der Waals surface area contributed by atoms with Gasteiger partial charge in [-0.2, -0.15) is 5.10 Å². The monoisotopic (exact) mass is 338 g/mol. The average molecular weight is 339 g/mol. The number of carboxylic acid groups (broad SMARTS) is 1. The van der Waals surface area contributed by atoms with Crippen molar-refractivity contribution >= 4 is 21.9 Å². The zero-order valence-electron chi connectivity index (χ0n) is 11.2. The number of carboxylic acids is 1. The summed E-state index contributed by atoms with van der Waals surface area (Å²) in [6.07, 6.45) is 3.43. The molecule has 1 heterocycles. The van der Waals surface area contributed by atoms with Crippen LogP contribution in [0.3, 0.4) is 0 Å². The van der Waals surface area contributed by atoms with Crippen molar-refractivity contribution in [2.24, 2.45) is 0 Å². The molecule has 0 radical (unpaired) electrons. The van der Waals surface area contributed by atoms with Crippen LogP contribution in [0.15, 0.2) is 41.1 Å². The number of nitrogens with zero attached hydrogens (tertiary/aromatic N) is 2. The molecule has 0 aliphatic rings. The topological polar surface area (TPSA) is 64.4 Å². The van der Waals surface area contributed by atoms with Crippen LogP contribution in [0.25, 0.3) is 0 Å². The maximum atomic E-state index is 11.7. The highest BCUT2D eigenvalue weighted by molar-refractivity contribution is 9.10. The number of hydrogen-bond acceptors (Lipinski definition) is 3. The predicted octanol–water partition coefficient (Wildman–Crippen LogP) is 2.70. The standard InChI is InChI=1S/C14H15BrN2O3/c1-14(13(18)19,17-9-12(20-2)8-16-17)7-10-3-5-11(15)6-4-10/h3-6,8-9H,7H2,1-2H3,(H,18,19). The second-order valence-corrected chi connectivity index (χ2v) is 5.62. The lowest BCUT2D eigenvalue weighted by atomic mass is 9.93. The van der Waals surface area contributed by atoms with Crippen molar-refractivity contribution in [1.29, 1.82) is 0 Å². The highest BCUT2D eigenvalue weighted by Crippen LogP contribution is 2.25. The molecular weight excluding hydrogens is 324 g/mol. The molecule has 0 fully saturated rings. The smallest absolute Gasteiger partial charge is 0.331 e. The molecule has 1 unspecified atom stereocenters. The van der Waals surface area contributed by atoms with Crippen LogP contribution in [0.4, 0.5) is 0 Å². The van der Waals surface area contributed by atoms with Gasteiger partial charge in [0.15, 0.2) is 11.3 Å². The van der Waals surface area contributed by atoms with E-state index in [-0.39, 0.29) is 0 Å². The van der Waals surface area contributed by atoms with E-state index in [1.165, 1.54) is 18.0 Å². The summed E-state index contributed by atoms with van der Waals surface area (Å²) >= 11 is 3.36. The number of rotatable bonds is 5. The van der Waals surface area contributed by atoms with Gasteiger partial charge in [-0.05, 0) is 24.6 Å². The Morgan fingerprint density at radius 2 is 2.10 bits per heavy atom. The number of carbonyl (C=O) groups is 1. The van der Waals surface area contributed by atoms with Crippen molar-refractivity contribution in [3.8, 4) is 5.75 Å². The normalized spacial score (nSPS) is 13.8. The Labute approximate surface area is 125 Å². The summed E-state index contributed by atoms with van der Waals surface area (Å²) in [5, 5.41) is 13.7. The molecule has 106 valence electrons. The van der Waals surface area contributed by atoms with E-state index in [0.29, 0.717) is 12.2 Å². The van der Waals surface area contributed by atoms with Crippen LogP contribution in [-0.2, 0) is 16.8 Å². The summed E-state index contributed by atoms with van der Waals surface area (Å²) in [5.41, 5.74) is -0.238. The third-order valence-corrected chi connectivity index (χ3v) is 3.75. The van der Waals surface area contributed by atoms with Gasteiger partial charge in [0.25, 0.3) is 0 Å². The van der Waals surface area contributed by atoms with Crippen LogP contribution in [0, 0.1) is 0 Å². The molecule has 20 heavy (non-hydrogen) atoms. The first-order valence-corrected chi connectivity index (χ1v) is 6.82. The van der Waals surface area contributed by atoms with Crippen molar-refractivity contribution in [1.82, 2.24) is 9.78 Å². The third kappa shape index (κ3) is 2.85. The summed E-state index contributed by atoms with van der Waals surface area (Å²) in [6.45, 7) is 1.64. The Hall–Kier alpha value is -1.82. The predicted molar refractivity (Wildman–Crippen MR) is 77.9 cm³/mol. The average Bonchev–Trinajstić information content (AvgIpc) is 2.90. The molecule has 1 aromatic carbocycles. The minimum absolute atomic E-state index is 0.334. The third-order valence-electron chi connectivity index (χ3n) is 3.22. The van der Waals surface area contributed by atoms with Gasteiger partial charge >= 0.3 is 5.97 Å². The van der Waals surface area contributed by atoms with E-state index in [9.17, 15) is 9.90 Å². The first kappa shape index (κ1) is 14.6. The fourth-order valence-electron chi connectivity index (χ4n) is 1.94. The molecule has 0 aliphatic carbocycles. The largest absolute Gasteiger partial charge is 0.493 e. The molecule has 1 atom stereocenters. The Kier molecular flexibility index (Phi) is 4.13. The van der Waals surface area contributed by atoms with E-state index in [1.807, 2.05) is 24.3 Å². The summed E-state index contributed by atoms with van der Waals surface area (Å²) < 4.78 is 7.44. The highest BCUT2D eigenvalue weighted by atomic mass is 79.9.